The number of fused-ring (bicyclic) bond motifs is 4. The highest BCUT2D eigenvalue weighted by molar-refractivity contribution is 6.12. The minimum Gasteiger partial charge on any atom is -0.456 e. The fourth-order valence-corrected chi connectivity index (χ4v) is 7.10. The average molecular weight is 698 g/mol. The molecule has 0 bridgehead atoms. The quantitative estimate of drug-likeness (QED) is 0.158. The third-order valence-corrected chi connectivity index (χ3v) is 9.73. The molecule has 0 spiro atoms. The molecule has 0 aliphatic carbocycles. The van der Waals surface area contributed by atoms with E-state index in [9.17, 15) is 0 Å². The minimum absolute atomic E-state index is 0.586. The van der Waals surface area contributed by atoms with Crippen LogP contribution in [0.2, 0.25) is 0 Å². The lowest BCUT2D eigenvalue weighted by Gasteiger charge is -2.13. The number of rotatable bonds is 8. The first kappa shape index (κ1) is 32.8. The summed E-state index contributed by atoms with van der Waals surface area (Å²) in [6.07, 6.45) is 11.0. The Labute approximate surface area is 312 Å². The monoisotopic (exact) mass is 697 g/mol. The molecule has 6 aromatic carbocycles. The van der Waals surface area contributed by atoms with Crippen LogP contribution in [0.25, 0.3) is 96.9 Å². The number of para-hydroxylation sites is 2. The van der Waals surface area contributed by atoms with Gasteiger partial charge in [-0.1, -0.05) is 152 Å². The van der Waals surface area contributed by atoms with Gasteiger partial charge >= 0.3 is 0 Å². The summed E-state index contributed by atoms with van der Waals surface area (Å²) in [5.41, 5.74) is 10.4. The fraction of sp³-hybridized carbons (Fsp3) is 0.0408. The SMILES string of the molecule is C=c1/c(=C\C=C/Cc2ccc3oc4ccccc4c3c2-c2nc(-c3ccccc3)nc(-c3ccc(-c4ccccc4/C=C\C)cc3)n2)oc2ccccc12. The van der Waals surface area contributed by atoms with Gasteiger partial charge in [-0.15, -0.1) is 0 Å². The number of allylic oxidation sites excluding steroid dienone is 3. The highest BCUT2D eigenvalue weighted by Crippen LogP contribution is 2.39. The number of benzene rings is 6. The zero-order valence-corrected chi connectivity index (χ0v) is 29.7. The number of hydrogen-bond acceptors (Lipinski definition) is 5. The van der Waals surface area contributed by atoms with Gasteiger partial charge in [0.15, 0.2) is 17.5 Å². The van der Waals surface area contributed by atoms with E-state index in [1.54, 1.807) is 0 Å². The second-order valence-corrected chi connectivity index (χ2v) is 13.1. The van der Waals surface area contributed by atoms with Crippen LogP contribution in [0.5, 0.6) is 0 Å². The highest BCUT2D eigenvalue weighted by atomic mass is 16.3. The van der Waals surface area contributed by atoms with Gasteiger partial charge in [0, 0.05) is 38.1 Å². The van der Waals surface area contributed by atoms with Crippen molar-refractivity contribution < 1.29 is 8.83 Å². The molecule has 5 heteroatoms. The van der Waals surface area contributed by atoms with Gasteiger partial charge in [0.1, 0.15) is 22.2 Å². The predicted molar refractivity (Wildman–Crippen MR) is 222 cm³/mol. The third kappa shape index (κ3) is 6.12. The van der Waals surface area contributed by atoms with Crippen molar-refractivity contribution in [3.8, 4) is 45.3 Å². The third-order valence-electron chi connectivity index (χ3n) is 9.73. The molecule has 5 nitrogen and oxygen atoms in total. The van der Waals surface area contributed by atoms with Gasteiger partial charge in [-0.25, -0.2) is 15.0 Å². The number of furan rings is 2. The van der Waals surface area contributed by atoms with E-state index >= 15 is 0 Å². The zero-order valence-electron chi connectivity index (χ0n) is 29.7. The topological polar surface area (TPSA) is 65.0 Å². The van der Waals surface area contributed by atoms with E-state index in [2.05, 4.69) is 85.5 Å². The van der Waals surface area contributed by atoms with Gasteiger partial charge in [0.25, 0.3) is 0 Å². The van der Waals surface area contributed by atoms with Crippen molar-refractivity contribution in [3.63, 3.8) is 0 Å². The van der Waals surface area contributed by atoms with Crippen LogP contribution in [-0.4, -0.2) is 15.0 Å². The van der Waals surface area contributed by atoms with Crippen molar-refractivity contribution >= 4 is 51.6 Å². The predicted octanol–water partition coefficient (Wildman–Crippen LogP) is 11.2. The van der Waals surface area contributed by atoms with Crippen LogP contribution in [0.3, 0.4) is 0 Å². The van der Waals surface area contributed by atoms with Crippen molar-refractivity contribution in [1.82, 2.24) is 15.0 Å². The Morgan fingerprint density at radius 3 is 1.96 bits per heavy atom. The van der Waals surface area contributed by atoms with E-state index in [1.165, 1.54) is 11.1 Å². The molecule has 9 rings (SSSR count). The largest absolute Gasteiger partial charge is 0.456 e. The molecule has 0 fully saturated rings. The van der Waals surface area contributed by atoms with Gasteiger partial charge in [0.2, 0.25) is 0 Å². The van der Waals surface area contributed by atoms with Crippen LogP contribution >= 0.6 is 0 Å². The van der Waals surface area contributed by atoms with Crippen LogP contribution in [0.15, 0.2) is 167 Å². The molecule has 0 unspecified atom stereocenters. The maximum atomic E-state index is 6.39. The maximum Gasteiger partial charge on any atom is 0.165 e. The lowest BCUT2D eigenvalue weighted by molar-refractivity contribution is 0.576. The Morgan fingerprint density at radius 2 is 1.20 bits per heavy atom. The first-order chi connectivity index (χ1) is 26.6. The molecule has 258 valence electrons. The molecule has 0 N–H and O–H groups in total. The molecule has 0 aliphatic heterocycles. The molecule has 0 aliphatic rings. The second kappa shape index (κ2) is 14.1. The zero-order chi connectivity index (χ0) is 36.4. The number of hydrogen-bond donors (Lipinski definition) is 0. The molecule has 0 amide bonds. The van der Waals surface area contributed by atoms with E-state index < -0.39 is 0 Å². The van der Waals surface area contributed by atoms with Crippen molar-refractivity contribution in [3.05, 3.63) is 180 Å². The van der Waals surface area contributed by atoms with Crippen molar-refractivity contribution in [2.24, 2.45) is 0 Å². The Bertz CT molecular complexity index is 2990. The summed E-state index contributed by atoms with van der Waals surface area (Å²) < 4.78 is 12.5. The maximum absolute atomic E-state index is 6.39. The first-order valence-electron chi connectivity index (χ1n) is 18.1. The summed E-state index contributed by atoms with van der Waals surface area (Å²) in [7, 11) is 0. The average Bonchev–Trinajstić information content (AvgIpc) is 3.77. The molecule has 0 atom stereocenters. The van der Waals surface area contributed by atoms with Gasteiger partial charge < -0.3 is 8.83 Å². The number of nitrogens with zero attached hydrogens (tertiary/aromatic N) is 3. The Kier molecular flexibility index (Phi) is 8.58. The first-order valence-corrected chi connectivity index (χ1v) is 18.1. The van der Waals surface area contributed by atoms with Gasteiger partial charge in [-0.3, -0.25) is 0 Å². The Hall–Kier alpha value is -7.11. The molecule has 3 heterocycles. The second-order valence-electron chi connectivity index (χ2n) is 13.1. The molecular weight excluding hydrogens is 663 g/mol. The molecule has 0 saturated carbocycles. The summed E-state index contributed by atoms with van der Waals surface area (Å²) in [4.78, 5) is 15.5. The van der Waals surface area contributed by atoms with Crippen molar-refractivity contribution in [1.29, 1.82) is 0 Å². The van der Waals surface area contributed by atoms with E-state index in [1.807, 2.05) is 97.9 Å². The van der Waals surface area contributed by atoms with Crippen molar-refractivity contribution in [2.45, 2.75) is 13.3 Å². The standard InChI is InChI=1S/C49H35N3O2/c1-3-15-33-16-7-9-21-39(33)34-26-28-37(29-27-34)48-50-47(36-18-5-4-6-19-36)51-49(52-48)45-35(30-31-44-46(45)40-22-11-14-25-43(40)54-44)17-8-12-23-41-32(2)38-20-10-13-24-42(38)53-41/h3-16,18-31H,2,17H2,1H3/b12-8-,15-3-,41-23+. The minimum atomic E-state index is 0.586. The van der Waals surface area contributed by atoms with Crippen LogP contribution in [0.4, 0.5) is 0 Å². The highest BCUT2D eigenvalue weighted by Gasteiger charge is 2.21. The van der Waals surface area contributed by atoms with E-state index in [4.69, 9.17) is 23.8 Å². The summed E-state index contributed by atoms with van der Waals surface area (Å²) in [6.45, 7) is 6.30. The van der Waals surface area contributed by atoms with E-state index in [0.29, 0.717) is 23.9 Å². The Balaban J connectivity index is 1.20. The van der Waals surface area contributed by atoms with Crippen LogP contribution in [0.1, 0.15) is 18.1 Å². The van der Waals surface area contributed by atoms with E-state index in [0.717, 1.165) is 71.4 Å². The Morgan fingerprint density at radius 1 is 0.574 bits per heavy atom. The summed E-state index contributed by atoms with van der Waals surface area (Å²) in [5.74, 6) is 1.79. The molecule has 0 saturated heterocycles. The van der Waals surface area contributed by atoms with E-state index in [-0.39, 0.29) is 0 Å². The normalized spacial score (nSPS) is 12.3. The lowest BCUT2D eigenvalue weighted by atomic mass is 9.97. The lowest BCUT2D eigenvalue weighted by Crippen LogP contribution is -2.17. The van der Waals surface area contributed by atoms with Crippen molar-refractivity contribution in [2.75, 3.05) is 0 Å². The molecule has 3 aromatic heterocycles. The molecular formula is C49H35N3O2. The smallest absolute Gasteiger partial charge is 0.165 e. The summed E-state index contributed by atoms with van der Waals surface area (Å²) in [6, 6.07) is 47.2. The van der Waals surface area contributed by atoms with Gasteiger partial charge in [-0.2, -0.15) is 0 Å². The van der Waals surface area contributed by atoms with Crippen LogP contribution < -0.4 is 10.6 Å². The summed E-state index contributed by atoms with van der Waals surface area (Å²) >= 11 is 0. The van der Waals surface area contributed by atoms with Gasteiger partial charge in [-0.05, 0) is 59.9 Å². The van der Waals surface area contributed by atoms with Gasteiger partial charge in [0.05, 0.1) is 0 Å². The van der Waals surface area contributed by atoms with Crippen LogP contribution in [-0.2, 0) is 6.42 Å². The summed E-state index contributed by atoms with van der Waals surface area (Å²) in [5, 5.41) is 3.88. The molecule has 0 radical (unpaired) electrons. The molecule has 9 aromatic rings. The number of aromatic nitrogens is 3. The van der Waals surface area contributed by atoms with Crippen LogP contribution in [0, 0.1) is 0 Å². The fourth-order valence-electron chi connectivity index (χ4n) is 7.10. The molecule has 54 heavy (non-hydrogen) atoms.